The van der Waals surface area contributed by atoms with Crippen LogP contribution in [0.3, 0.4) is 0 Å². The SMILES string of the molecule is O=C(O)c1c(F)cccc1OC1/C=C/CCCCC1. The van der Waals surface area contributed by atoms with Gasteiger partial charge in [-0.1, -0.05) is 18.6 Å². The number of rotatable bonds is 3. The van der Waals surface area contributed by atoms with Gasteiger partial charge in [-0.15, -0.1) is 0 Å². The molecule has 19 heavy (non-hydrogen) atoms. The largest absolute Gasteiger partial charge is 0.485 e. The van der Waals surface area contributed by atoms with Crippen molar-refractivity contribution < 1.29 is 19.0 Å². The molecule has 0 aliphatic heterocycles. The van der Waals surface area contributed by atoms with Crippen molar-refractivity contribution in [3.63, 3.8) is 0 Å². The van der Waals surface area contributed by atoms with Gasteiger partial charge in [0.2, 0.25) is 0 Å². The van der Waals surface area contributed by atoms with E-state index < -0.39 is 17.3 Å². The first kappa shape index (κ1) is 13.6. The summed E-state index contributed by atoms with van der Waals surface area (Å²) in [7, 11) is 0. The van der Waals surface area contributed by atoms with Gasteiger partial charge in [-0.05, 0) is 43.9 Å². The molecule has 0 heterocycles. The van der Waals surface area contributed by atoms with E-state index in [1.165, 1.54) is 18.6 Å². The van der Waals surface area contributed by atoms with Gasteiger partial charge in [0.1, 0.15) is 23.2 Å². The van der Waals surface area contributed by atoms with Crippen LogP contribution in [-0.2, 0) is 0 Å². The molecule has 0 fully saturated rings. The quantitative estimate of drug-likeness (QED) is 0.845. The van der Waals surface area contributed by atoms with Crippen molar-refractivity contribution in [1.82, 2.24) is 0 Å². The van der Waals surface area contributed by atoms with Crippen molar-refractivity contribution >= 4 is 5.97 Å². The predicted octanol–water partition coefficient (Wildman–Crippen LogP) is 3.79. The molecule has 4 heteroatoms. The first-order chi connectivity index (χ1) is 9.18. The molecule has 1 N–H and O–H groups in total. The Morgan fingerprint density at radius 3 is 2.95 bits per heavy atom. The van der Waals surface area contributed by atoms with Crippen LogP contribution >= 0.6 is 0 Å². The molecule has 0 radical (unpaired) electrons. The van der Waals surface area contributed by atoms with Crippen LogP contribution in [0.5, 0.6) is 5.75 Å². The van der Waals surface area contributed by atoms with Crippen LogP contribution in [0.4, 0.5) is 4.39 Å². The number of hydrogen-bond acceptors (Lipinski definition) is 2. The summed E-state index contributed by atoms with van der Waals surface area (Å²) in [6.45, 7) is 0. The standard InChI is InChI=1S/C15H17FO3/c16-12-9-6-10-13(14(12)15(17)18)19-11-7-4-2-1-3-5-8-11/h4,6-7,9-11H,1-3,5,8H2,(H,17,18)/b7-4+. The number of carboxylic acids is 1. The number of benzene rings is 1. The minimum absolute atomic E-state index is 0.0997. The number of carbonyl (C=O) groups is 1. The molecule has 1 aromatic rings. The van der Waals surface area contributed by atoms with E-state index in [1.807, 2.05) is 12.2 Å². The van der Waals surface area contributed by atoms with E-state index in [9.17, 15) is 9.18 Å². The lowest BCUT2D eigenvalue weighted by molar-refractivity contribution is 0.0685. The normalized spacial score (nSPS) is 21.2. The maximum absolute atomic E-state index is 13.5. The van der Waals surface area contributed by atoms with Crippen molar-refractivity contribution in [1.29, 1.82) is 0 Å². The van der Waals surface area contributed by atoms with Crippen LogP contribution in [0.25, 0.3) is 0 Å². The number of ether oxygens (including phenoxy) is 1. The Labute approximate surface area is 111 Å². The summed E-state index contributed by atoms with van der Waals surface area (Å²) in [5.74, 6) is -1.97. The third kappa shape index (κ3) is 3.56. The lowest BCUT2D eigenvalue weighted by Crippen LogP contribution is -2.17. The van der Waals surface area contributed by atoms with Crippen LogP contribution in [0.15, 0.2) is 30.4 Å². The van der Waals surface area contributed by atoms with Crippen molar-refractivity contribution in [2.45, 2.75) is 38.2 Å². The smallest absolute Gasteiger partial charge is 0.342 e. The second-order valence-electron chi connectivity index (χ2n) is 4.64. The summed E-state index contributed by atoms with van der Waals surface area (Å²) in [6, 6.07) is 4.09. The minimum Gasteiger partial charge on any atom is -0.485 e. The fourth-order valence-corrected chi connectivity index (χ4v) is 2.20. The third-order valence-corrected chi connectivity index (χ3v) is 3.18. The maximum atomic E-state index is 13.5. The zero-order chi connectivity index (χ0) is 13.7. The Hall–Kier alpha value is -1.84. The van der Waals surface area contributed by atoms with Gasteiger partial charge in [0.15, 0.2) is 0 Å². The molecule has 0 saturated carbocycles. The Morgan fingerprint density at radius 2 is 2.16 bits per heavy atom. The van der Waals surface area contributed by atoms with E-state index in [1.54, 1.807) is 0 Å². The number of hydrogen-bond donors (Lipinski definition) is 1. The van der Waals surface area contributed by atoms with E-state index in [-0.39, 0.29) is 11.9 Å². The summed E-state index contributed by atoms with van der Waals surface area (Å²) in [6.07, 6.45) is 8.98. The number of aromatic carboxylic acids is 1. The van der Waals surface area contributed by atoms with Crippen LogP contribution in [0.2, 0.25) is 0 Å². The highest BCUT2D eigenvalue weighted by molar-refractivity contribution is 5.91. The van der Waals surface area contributed by atoms with Gasteiger partial charge in [0, 0.05) is 0 Å². The molecule has 1 aliphatic rings. The Bertz CT molecular complexity index is 482. The monoisotopic (exact) mass is 264 g/mol. The molecule has 1 atom stereocenters. The van der Waals surface area contributed by atoms with Crippen molar-refractivity contribution in [3.05, 3.63) is 41.7 Å². The molecule has 3 nitrogen and oxygen atoms in total. The summed E-state index contributed by atoms with van der Waals surface area (Å²) < 4.78 is 19.2. The van der Waals surface area contributed by atoms with Gasteiger partial charge in [0.25, 0.3) is 0 Å². The van der Waals surface area contributed by atoms with E-state index >= 15 is 0 Å². The summed E-state index contributed by atoms with van der Waals surface area (Å²) in [5, 5.41) is 9.04. The molecule has 1 unspecified atom stereocenters. The summed E-state index contributed by atoms with van der Waals surface area (Å²) in [5.41, 5.74) is -0.391. The second-order valence-corrected chi connectivity index (χ2v) is 4.64. The maximum Gasteiger partial charge on any atom is 0.342 e. The Morgan fingerprint density at radius 1 is 1.32 bits per heavy atom. The molecule has 2 rings (SSSR count). The molecule has 102 valence electrons. The van der Waals surface area contributed by atoms with Crippen LogP contribution < -0.4 is 4.74 Å². The molecular weight excluding hydrogens is 247 g/mol. The fraction of sp³-hybridized carbons (Fsp3) is 0.400. The Kier molecular flexibility index (Phi) is 4.55. The van der Waals surface area contributed by atoms with Gasteiger partial charge < -0.3 is 9.84 Å². The molecular formula is C15H17FO3. The number of halogens is 1. The molecule has 0 amide bonds. The van der Waals surface area contributed by atoms with Crippen LogP contribution in [0.1, 0.15) is 42.5 Å². The third-order valence-electron chi connectivity index (χ3n) is 3.18. The van der Waals surface area contributed by atoms with Crippen LogP contribution in [-0.4, -0.2) is 17.2 Å². The lowest BCUT2D eigenvalue weighted by Gasteiger charge is -2.18. The molecule has 1 aliphatic carbocycles. The Balaban J connectivity index is 2.20. The highest BCUT2D eigenvalue weighted by Crippen LogP contribution is 2.25. The van der Waals surface area contributed by atoms with Gasteiger partial charge in [0.05, 0.1) is 0 Å². The molecule has 0 aromatic heterocycles. The number of allylic oxidation sites excluding steroid dienone is 1. The van der Waals surface area contributed by atoms with Crippen molar-refractivity contribution in [2.24, 2.45) is 0 Å². The predicted molar refractivity (Wildman–Crippen MR) is 70.0 cm³/mol. The average Bonchev–Trinajstić information content (AvgIpc) is 2.32. The molecule has 0 bridgehead atoms. The first-order valence-electron chi connectivity index (χ1n) is 6.53. The number of carboxylic acid groups (broad SMARTS) is 1. The highest BCUT2D eigenvalue weighted by Gasteiger charge is 2.19. The van der Waals surface area contributed by atoms with Crippen LogP contribution in [0, 0.1) is 5.82 Å². The van der Waals surface area contributed by atoms with E-state index in [4.69, 9.17) is 9.84 Å². The summed E-state index contributed by atoms with van der Waals surface area (Å²) >= 11 is 0. The van der Waals surface area contributed by atoms with Gasteiger partial charge in [-0.3, -0.25) is 0 Å². The topological polar surface area (TPSA) is 46.5 Å². The van der Waals surface area contributed by atoms with Gasteiger partial charge in [-0.25, -0.2) is 9.18 Å². The van der Waals surface area contributed by atoms with E-state index in [0.29, 0.717) is 0 Å². The average molecular weight is 264 g/mol. The van der Waals surface area contributed by atoms with E-state index in [0.717, 1.165) is 31.7 Å². The minimum atomic E-state index is -1.30. The first-order valence-corrected chi connectivity index (χ1v) is 6.53. The fourth-order valence-electron chi connectivity index (χ4n) is 2.20. The van der Waals surface area contributed by atoms with Crippen molar-refractivity contribution in [2.75, 3.05) is 0 Å². The van der Waals surface area contributed by atoms with Crippen molar-refractivity contribution in [3.8, 4) is 5.75 Å². The lowest BCUT2D eigenvalue weighted by atomic mass is 10.0. The molecule has 0 saturated heterocycles. The zero-order valence-corrected chi connectivity index (χ0v) is 10.6. The summed E-state index contributed by atoms with van der Waals surface area (Å²) in [4.78, 5) is 11.1. The highest BCUT2D eigenvalue weighted by atomic mass is 19.1. The van der Waals surface area contributed by atoms with Gasteiger partial charge >= 0.3 is 5.97 Å². The second kappa shape index (κ2) is 6.36. The van der Waals surface area contributed by atoms with E-state index in [2.05, 4.69) is 0 Å². The molecule has 0 spiro atoms. The zero-order valence-electron chi connectivity index (χ0n) is 10.6. The molecule has 1 aromatic carbocycles. The van der Waals surface area contributed by atoms with Gasteiger partial charge in [-0.2, -0.15) is 0 Å².